The molecule has 5 nitrogen and oxygen atoms in total. The Morgan fingerprint density at radius 2 is 1.59 bits per heavy atom. The fourth-order valence-electron chi connectivity index (χ4n) is 5.64. The monoisotopic (exact) mass is 452 g/mol. The standard InChI is InChI=1S/C29H32N4O/c1-19-7-5-8-20(2)32(19)24-13-15-25(16-14-24)33-27-12-4-3-9-22(27)18-26(29(33)34)21-10-6-11-23(17-21)28(30)31/h3-4,6,9-17,19-20,26H,5,7-8,18H2,1-2H3,(H3,30,31)/t19-,20+,26?. The van der Waals surface area contributed by atoms with E-state index in [4.69, 9.17) is 11.1 Å². The SMILES string of the molecule is C[C@@H]1CCC[C@H](C)N1c1ccc(N2C(=O)C(c3cccc(C(=N)N)c3)Cc3ccccc32)cc1. The van der Waals surface area contributed by atoms with Gasteiger partial charge in [0, 0.05) is 29.0 Å². The zero-order valence-corrected chi connectivity index (χ0v) is 19.9. The molecule has 0 radical (unpaired) electrons. The van der Waals surface area contributed by atoms with Crippen LogP contribution in [-0.4, -0.2) is 23.8 Å². The van der Waals surface area contributed by atoms with Crippen molar-refractivity contribution in [1.29, 1.82) is 5.41 Å². The Kier molecular flexibility index (Phi) is 5.86. The number of amides is 1. The molecule has 5 heteroatoms. The number of fused-ring (bicyclic) bond motifs is 1. The van der Waals surface area contributed by atoms with E-state index in [1.165, 1.54) is 24.9 Å². The lowest BCUT2D eigenvalue weighted by Crippen LogP contribution is -2.43. The lowest BCUT2D eigenvalue weighted by atomic mass is 9.85. The molecule has 1 saturated heterocycles. The lowest BCUT2D eigenvalue weighted by Gasteiger charge is -2.41. The number of nitrogens with zero attached hydrogens (tertiary/aromatic N) is 2. The molecule has 0 saturated carbocycles. The first-order chi connectivity index (χ1) is 16.4. The highest BCUT2D eigenvalue weighted by Crippen LogP contribution is 2.41. The van der Waals surface area contributed by atoms with Crippen LogP contribution < -0.4 is 15.5 Å². The third-order valence-electron chi connectivity index (χ3n) is 7.37. The summed E-state index contributed by atoms with van der Waals surface area (Å²) >= 11 is 0. The Morgan fingerprint density at radius 1 is 0.912 bits per heavy atom. The summed E-state index contributed by atoms with van der Waals surface area (Å²) in [6.45, 7) is 4.60. The summed E-state index contributed by atoms with van der Waals surface area (Å²) < 4.78 is 0. The summed E-state index contributed by atoms with van der Waals surface area (Å²) in [5.74, 6) is -0.262. The number of nitrogen functional groups attached to an aromatic ring is 1. The first kappa shape index (κ1) is 22.2. The van der Waals surface area contributed by atoms with Crippen LogP contribution >= 0.6 is 0 Å². The van der Waals surface area contributed by atoms with Crippen LogP contribution in [0.5, 0.6) is 0 Å². The highest BCUT2D eigenvalue weighted by molar-refractivity contribution is 6.07. The van der Waals surface area contributed by atoms with Crippen molar-refractivity contribution in [1.82, 2.24) is 0 Å². The van der Waals surface area contributed by atoms with Gasteiger partial charge in [-0.3, -0.25) is 15.1 Å². The molecule has 0 aromatic heterocycles. The number of carbonyl (C=O) groups excluding carboxylic acids is 1. The van der Waals surface area contributed by atoms with E-state index in [1.54, 1.807) is 0 Å². The third kappa shape index (κ3) is 3.96. The van der Waals surface area contributed by atoms with Crippen molar-refractivity contribution in [3.05, 3.63) is 89.5 Å². The molecule has 1 unspecified atom stereocenters. The zero-order valence-electron chi connectivity index (χ0n) is 19.9. The van der Waals surface area contributed by atoms with Gasteiger partial charge in [0.2, 0.25) is 5.91 Å². The smallest absolute Gasteiger partial charge is 0.239 e. The van der Waals surface area contributed by atoms with Crippen LogP contribution in [-0.2, 0) is 11.2 Å². The average Bonchev–Trinajstić information content (AvgIpc) is 2.84. The number of para-hydroxylation sites is 1. The summed E-state index contributed by atoms with van der Waals surface area (Å²) in [4.78, 5) is 18.3. The molecule has 0 aliphatic carbocycles. The van der Waals surface area contributed by atoms with E-state index in [-0.39, 0.29) is 17.7 Å². The Labute approximate surface area is 201 Å². The number of anilines is 3. The van der Waals surface area contributed by atoms with Crippen LogP contribution in [0.4, 0.5) is 17.1 Å². The van der Waals surface area contributed by atoms with Gasteiger partial charge in [-0.15, -0.1) is 0 Å². The number of rotatable bonds is 4. The van der Waals surface area contributed by atoms with Gasteiger partial charge in [0.25, 0.3) is 0 Å². The summed E-state index contributed by atoms with van der Waals surface area (Å²) in [5.41, 5.74) is 11.4. The average molecular weight is 453 g/mol. The number of hydrogen-bond acceptors (Lipinski definition) is 3. The lowest BCUT2D eigenvalue weighted by molar-refractivity contribution is -0.119. The quantitative estimate of drug-likeness (QED) is 0.391. The topological polar surface area (TPSA) is 73.4 Å². The van der Waals surface area contributed by atoms with Crippen molar-refractivity contribution in [2.24, 2.45) is 5.73 Å². The van der Waals surface area contributed by atoms with Gasteiger partial charge in [0.05, 0.1) is 11.6 Å². The minimum Gasteiger partial charge on any atom is -0.384 e. The number of piperidine rings is 1. The minimum absolute atomic E-state index is 0.0131. The van der Waals surface area contributed by atoms with Crippen LogP contribution in [0.1, 0.15) is 55.7 Å². The van der Waals surface area contributed by atoms with E-state index in [2.05, 4.69) is 49.1 Å². The van der Waals surface area contributed by atoms with Gasteiger partial charge in [-0.05, 0) is 87.1 Å². The van der Waals surface area contributed by atoms with Gasteiger partial charge >= 0.3 is 0 Å². The van der Waals surface area contributed by atoms with Crippen molar-refractivity contribution >= 4 is 28.8 Å². The van der Waals surface area contributed by atoms with E-state index < -0.39 is 0 Å². The van der Waals surface area contributed by atoms with Crippen LogP contribution in [0.2, 0.25) is 0 Å². The van der Waals surface area contributed by atoms with Gasteiger partial charge in [-0.2, -0.15) is 0 Å². The molecule has 2 aliphatic rings. The second-order valence-corrected chi connectivity index (χ2v) is 9.65. The van der Waals surface area contributed by atoms with Crippen molar-refractivity contribution in [2.45, 2.75) is 57.5 Å². The molecule has 0 spiro atoms. The Bertz CT molecular complexity index is 1210. The number of nitrogens with one attached hydrogen (secondary N) is 1. The molecule has 5 rings (SSSR count). The molecule has 174 valence electrons. The van der Waals surface area contributed by atoms with Gasteiger partial charge in [-0.1, -0.05) is 36.4 Å². The molecule has 3 N–H and O–H groups in total. The molecule has 3 atom stereocenters. The largest absolute Gasteiger partial charge is 0.384 e. The molecule has 2 aliphatic heterocycles. The van der Waals surface area contributed by atoms with Gasteiger partial charge in [-0.25, -0.2) is 0 Å². The van der Waals surface area contributed by atoms with E-state index >= 15 is 0 Å². The maximum Gasteiger partial charge on any atom is 0.239 e. The minimum atomic E-state index is -0.323. The Hall–Kier alpha value is -3.60. The van der Waals surface area contributed by atoms with Crippen LogP contribution in [0, 0.1) is 5.41 Å². The van der Waals surface area contributed by atoms with E-state index in [1.807, 2.05) is 47.4 Å². The second kappa shape index (κ2) is 8.98. The maximum atomic E-state index is 13.9. The molecule has 34 heavy (non-hydrogen) atoms. The van der Waals surface area contributed by atoms with Gasteiger partial charge in [0.15, 0.2) is 0 Å². The highest BCUT2D eigenvalue weighted by Gasteiger charge is 2.35. The molecule has 3 aromatic carbocycles. The molecule has 3 aromatic rings. The van der Waals surface area contributed by atoms with Crippen molar-refractivity contribution in [3.8, 4) is 0 Å². The van der Waals surface area contributed by atoms with Crippen molar-refractivity contribution in [3.63, 3.8) is 0 Å². The first-order valence-corrected chi connectivity index (χ1v) is 12.2. The van der Waals surface area contributed by atoms with E-state index in [0.29, 0.717) is 24.1 Å². The Balaban J connectivity index is 1.52. The third-order valence-corrected chi connectivity index (χ3v) is 7.37. The second-order valence-electron chi connectivity index (χ2n) is 9.65. The van der Waals surface area contributed by atoms with Gasteiger partial charge in [0.1, 0.15) is 5.84 Å². The summed E-state index contributed by atoms with van der Waals surface area (Å²) in [6, 6.07) is 25.2. The number of benzene rings is 3. The number of amidine groups is 1. The maximum absolute atomic E-state index is 13.9. The molecule has 2 heterocycles. The number of nitrogens with two attached hydrogens (primary N) is 1. The van der Waals surface area contributed by atoms with E-state index in [9.17, 15) is 4.79 Å². The van der Waals surface area contributed by atoms with Crippen molar-refractivity contribution < 1.29 is 4.79 Å². The normalized spacial score (nSPS) is 22.4. The predicted molar refractivity (Wildman–Crippen MR) is 139 cm³/mol. The summed E-state index contributed by atoms with van der Waals surface area (Å²) in [7, 11) is 0. The Morgan fingerprint density at radius 3 is 2.29 bits per heavy atom. The predicted octanol–water partition coefficient (Wildman–Crippen LogP) is 5.74. The van der Waals surface area contributed by atoms with E-state index in [0.717, 1.165) is 22.5 Å². The highest BCUT2D eigenvalue weighted by atomic mass is 16.2. The molecule has 0 bridgehead atoms. The number of hydrogen-bond donors (Lipinski definition) is 2. The molecular weight excluding hydrogens is 420 g/mol. The number of carbonyl (C=O) groups is 1. The molecule has 1 amide bonds. The zero-order chi connectivity index (χ0) is 23.8. The fraction of sp³-hybridized carbons (Fsp3) is 0.310. The van der Waals surface area contributed by atoms with Gasteiger partial charge < -0.3 is 10.6 Å². The van der Waals surface area contributed by atoms with Crippen molar-refractivity contribution in [2.75, 3.05) is 9.80 Å². The summed E-state index contributed by atoms with van der Waals surface area (Å²) in [6.07, 6.45) is 4.34. The fourth-order valence-corrected chi connectivity index (χ4v) is 5.64. The first-order valence-electron chi connectivity index (χ1n) is 12.2. The summed E-state index contributed by atoms with van der Waals surface area (Å²) in [5, 5.41) is 7.80. The van der Waals surface area contributed by atoms with Crippen LogP contribution in [0.25, 0.3) is 0 Å². The molecular formula is C29H32N4O. The van der Waals surface area contributed by atoms with Crippen LogP contribution in [0.3, 0.4) is 0 Å². The van der Waals surface area contributed by atoms with Crippen LogP contribution in [0.15, 0.2) is 72.8 Å². The molecule has 1 fully saturated rings.